The molecular weight excluding hydrogens is 294 g/mol. The lowest BCUT2D eigenvalue weighted by molar-refractivity contribution is 0.379. The average molecular weight is 324 g/mol. The zero-order chi connectivity index (χ0) is 16.2. The van der Waals surface area contributed by atoms with Crippen molar-refractivity contribution < 1.29 is 8.42 Å². The van der Waals surface area contributed by atoms with E-state index in [-0.39, 0.29) is 5.92 Å². The summed E-state index contributed by atoms with van der Waals surface area (Å²) < 4.78 is 23.6. The molecule has 0 radical (unpaired) electrons. The van der Waals surface area contributed by atoms with Gasteiger partial charge < -0.3 is 5.32 Å². The van der Waals surface area contributed by atoms with Crippen molar-refractivity contribution in [2.24, 2.45) is 11.8 Å². The van der Waals surface area contributed by atoms with Crippen LogP contribution in [0.25, 0.3) is 0 Å². The van der Waals surface area contributed by atoms with Crippen LogP contribution in [0.3, 0.4) is 0 Å². The van der Waals surface area contributed by atoms with E-state index in [1.165, 1.54) is 11.1 Å². The third kappa shape index (κ3) is 5.10. The first kappa shape index (κ1) is 17.5. The first-order chi connectivity index (χ1) is 10.4. The molecule has 2 atom stereocenters. The maximum atomic E-state index is 11.8. The molecule has 0 saturated carbocycles. The summed E-state index contributed by atoms with van der Waals surface area (Å²) in [6.07, 6.45) is 2.91. The molecule has 22 heavy (non-hydrogen) atoms. The lowest BCUT2D eigenvalue weighted by Gasteiger charge is -2.27. The van der Waals surface area contributed by atoms with Gasteiger partial charge in [0.05, 0.1) is 11.5 Å². The highest BCUT2D eigenvalue weighted by Crippen LogP contribution is 2.25. The second-order valence-corrected chi connectivity index (χ2v) is 9.30. The van der Waals surface area contributed by atoms with Crippen LogP contribution in [0.4, 0.5) is 0 Å². The Morgan fingerprint density at radius 1 is 1.27 bits per heavy atom. The van der Waals surface area contributed by atoms with Gasteiger partial charge in [-0.05, 0) is 55.7 Å². The quantitative estimate of drug-likeness (QED) is 0.871. The fourth-order valence-corrected chi connectivity index (χ4v) is 5.13. The molecular formula is C18H29NO2S. The second kappa shape index (κ2) is 7.60. The van der Waals surface area contributed by atoms with Gasteiger partial charge in [-0.15, -0.1) is 0 Å². The fourth-order valence-electron chi connectivity index (χ4n) is 3.36. The van der Waals surface area contributed by atoms with Gasteiger partial charge in [-0.25, -0.2) is 8.42 Å². The Morgan fingerprint density at radius 3 is 2.64 bits per heavy atom. The fraction of sp³-hybridized carbons (Fsp3) is 0.667. The number of rotatable bonds is 6. The molecule has 0 aromatic heterocycles. The first-order valence-electron chi connectivity index (χ1n) is 8.36. The molecule has 4 heteroatoms. The Kier molecular flexibility index (Phi) is 6.04. The minimum absolute atomic E-state index is 0.262. The van der Waals surface area contributed by atoms with E-state index in [0.717, 1.165) is 25.8 Å². The van der Waals surface area contributed by atoms with Gasteiger partial charge in [0.1, 0.15) is 0 Å². The molecule has 0 amide bonds. The third-order valence-electron chi connectivity index (χ3n) is 4.48. The predicted octanol–water partition coefficient (Wildman–Crippen LogP) is 3.50. The summed E-state index contributed by atoms with van der Waals surface area (Å²) in [5.41, 5.74) is 2.65. The number of nitrogens with one attached hydrogen (secondary N) is 1. The average Bonchev–Trinajstić information content (AvgIpc) is 2.43. The SMILES string of the molecule is Cc1ccccc1[C@H](CC(C)C)NC[C@@H]1CCCS(=O)(=O)C1. The molecule has 3 nitrogen and oxygen atoms in total. The van der Waals surface area contributed by atoms with E-state index in [0.29, 0.717) is 23.5 Å². The van der Waals surface area contributed by atoms with Crippen molar-refractivity contribution in [1.29, 1.82) is 0 Å². The van der Waals surface area contributed by atoms with E-state index in [1.807, 2.05) is 0 Å². The van der Waals surface area contributed by atoms with Gasteiger partial charge in [-0.2, -0.15) is 0 Å². The first-order valence-corrected chi connectivity index (χ1v) is 10.2. The van der Waals surface area contributed by atoms with Crippen molar-refractivity contribution in [3.8, 4) is 0 Å². The molecule has 0 spiro atoms. The summed E-state index contributed by atoms with van der Waals surface area (Å²) in [6, 6.07) is 8.80. The molecule has 1 N–H and O–H groups in total. The zero-order valence-corrected chi connectivity index (χ0v) is 14.8. The Bertz CT molecular complexity index is 581. The van der Waals surface area contributed by atoms with Crippen LogP contribution in [0.5, 0.6) is 0 Å². The van der Waals surface area contributed by atoms with Gasteiger partial charge in [0.2, 0.25) is 0 Å². The summed E-state index contributed by atoms with van der Waals surface area (Å²) in [4.78, 5) is 0. The molecule has 2 rings (SSSR count). The van der Waals surface area contributed by atoms with Crippen LogP contribution < -0.4 is 5.32 Å². The molecule has 1 aromatic rings. The molecule has 1 aliphatic rings. The van der Waals surface area contributed by atoms with E-state index in [1.54, 1.807) is 0 Å². The molecule has 1 aromatic carbocycles. The molecule has 1 heterocycles. The Labute approximate surface area is 135 Å². The number of aryl methyl sites for hydroxylation is 1. The van der Waals surface area contributed by atoms with Crippen LogP contribution in [0.2, 0.25) is 0 Å². The third-order valence-corrected chi connectivity index (χ3v) is 6.37. The smallest absolute Gasteiger partial charge is 0.150 e. The van der Waals surface area contributed by atoms with Gasteiger partial charge in [-0.3, -0.25) is 0 Å². The Balaban J connectivity index is 2.03. The van der Waals surface area contributed by atoms with Gasteiger partial charge >= 0.3 is 0 Å². The highest BCUT2D eigenvalue weighted by Gasteiger charge is 2.25. The maximum absolute atomic E-state index is 11.8. The number of hydrogen-bond donors (Lipinski definition) is 1. The predicted molar refractivity (Wildman–Crippen MR) is 92.8 cm³/mol. The van der Waals surface area contributed by atoms with Crippen molar-refractivity contribution in [2.45, 2.75) is 46.1 Å². The van der Waals surface area contributed by atoms with Gasteiger partial charge in [-0.1, -0.05) is 38.1 Å². The number of sulfone groups is 1. The van der Waals surface area contributed by atoms with Crippen molar-refractivity contribution in [3.63, 3.8) is 0 Å². The van der Waals surface area contributed by atoms with Gasteiger partial charge in [0.15, 0.2) is 9.84 Å². The Hall–Kier alpha value is -0.870. The summed E-state index contributed by atoms with van der Waals surface area (Å²) in [7, 11) is -2.82. The summed E-state index contributed by atoms with van der Waals surface area (Å²) in [5.74, 6) is 1.59. The monoisotopic (exact) mass is 323 g/mol. The maximum Gasteiger partial charge on any atom is 0.150 e. The minimum Gasteiger partial charge on any atom is -0.310 e. The lowest BCUT2D eigenvalue weighted by atomic mass is 9.93. The Morgan fingerprint density at radius 2 is 2.00 bits per heavy atom. The highest BCUT2D eigenvalue weighted by molar-refractivity contribution is 7.91. The molecule has 0 bridgehead atoms. The van der Waals surface area contributed by atoms with Crippen molar-refractivity contribution in [1.82, 2.24) is 5.32 Å². The van der Waals surface area contributed by atoms with E-state index in [9.17, 15) is 8.42 Å². The molecule has 1 aliphatic heterocycles. The molecule has 124 valence electrons. The largest absolute Gasteiger partial charge is 0.310 e. The highest BCUT2D eigenvalue weighted by atomic mass is 32.2. The van der Waals surface area contributed by atoms with Gasteiger partial charge in [0.25, 0.3) is 0 Å². The molecule has 1 fully saturated rings. The van der Waals surface area contributed by atoms with E-state index in [4.69, 9.17) is 0 Å². The summed E-state index contributed by atoms with van der Waals surface area (Å²) >= 11 is 0. The second-order valence-electron chi connectivity index (χ2n) is 7.07. The van der Waals surface area contributed by atoms with E-state index < -0.39 is 9.84 Å². The summed E-state index contributed by atoms with van der Waals surface area (Å²) in [6.45, 7) is 7.41. The van der Waals surface area contributed by atoms with Crippen LogP contribution in [0, 0.1) is 18.8 Å². The van der Waals surface area contributed by atoms with Crippen LogP contribution in [-0.4, -0.2) is 26.5 Å². The molecule has 0 unspecified atom stereocenters. The number of benzene rings is 1. The lowest BCUT2D eigenvalue weighted by Crippen LogP contribution is -2.35. The zero-order valence-electron chi connectivity index (χ0n) is 14.0. The topological polar surface area (TPSA) is 46.2 Å². The van der Waals surface area contributed by atoms with Gasteiger partial charge in [0, 0.05) is 6.04 Å². The normalized spacial score (nSPS) is 22.6. The van der Waals surface area contributed by atoms with Crippen LogP contribution in [0.15, 0.2) is 24.3 Å². The van der Waals surface area contributed by atoms with E-state index in [2.05, 4.69) is 50.4 Å². The number of hydrogen-bond acceptors (Lipinski definition) is 3. The minimum atomic E-state index is -2.82. The summed E-state index contributed by atoms with van der Waals surface area (Å²) in [5, 5.41) is 3.65. The van der Waals surface area contributed by atoms with E-state index >= 15 is 0 Å². The molecule has 0 aliphatic carbocycles. The van der Waals surface area contributed by atoms with Crippen molar-refractivity contribution in [3.05, 3.63) is 35.4 Å². The molecule has 1 saturated heterocycles. The van der Waals surface area contributed by atoms with Crippen molar-refractivity contribution >= 4 is 9.84 Å². The van der Waals surface area contributed by atoms with Crippen LogP contribution >= 0.6 is 0 Å². The van der Waals surface area contributed by atoms with Crippen molar-refractivity contribution in [2.75, 3.05) is 18.1 Å². The standard InChI is InChI=1S/C18H29NO2S/c1-14(2)11-18(17-9-5-4-7-15(17)3)19-12-16-8-6-10-22(20,21)13-16/h4-5,7,9,14,16,18-19H,6,8,10-13H2,1-3H3/t16-,18-/m0/s1. The van der Waals surface area contributed by atoms with Crippen LogP contribution in [-0.2, 0) is 9.84 Å². The van der Waals surface area contributed by atoms with Crippen LogP contribution in [0.1, 0.15) is 50.3 Å².